The molecule has 5 nitrogen and oxygen atoms in total. The largest absolute Gasteiger partial charge is 0.398 e. The summed E-state index contributed by atoms with van der Waals surface area (Å²) in [6.45, 7) is 0.673. The van der Waals surface area contributed by atoms with Crippen LogP contribution in [0.4, 0.5) is 5.69 Å². The van der Waals surface area contributed by atoms with E-state index in [9.17, 15) is 8.42 Å². The fourth-order valence-electron chi connectivity index (χ4n) is 2.32. The van der Waals surface area contributed by atoms with Gasteiger partial charge in [-0.2, -0.15) is 4.31 Å². The Bertz CT molecular complexity index is 498. The monoisotopic (exact) mass is 290 g/mol. The molecule has 0 aliphatic carbocycles. The highest BCUT2D eigenvalue weighted by Gasteiger charge is 2.35. The first-order valence-electron chi connectivity index (χ1n) is 6.02. The van der Waals surface area contributed by atoms with Gasteiger partial charge in [0.25, 0.3) is 10.0 Å². The Morgan fingerprint density at radius 1 is 1.56 bits per heavy atom. The number of hydrogen-bond acceptors (Lipinski definition) is 5. The molecule has 1 saturated heterocycles. The lowest BCUT2D eigenvalue weighted by Gasteiger charge is -2.23. The van der Waals surface area contributed by atoms with Crippen molar-refractivity contribution >= 4 is 27.0 Å². The Labute approximate surface area is 111 Å². The number of nitrogens with two attached hydrogens (primary N) is 1. The zero-order valence-corrected chi connectivity index (χ0v) is 11.7. The molecule has 0 amide bonds. The quantitative estimate of drug-likeness (QED) is 0.855. The fourth-order valence-corrected chi connectivity index (χ4v) is 5.25. The van der Waals surface area contributed by atoms with Gasteiger partial charge in [-0.3, -0.25) is 0 Å². The van der Waals surface area contributed by atoms with Gasteiger partial charge in [-0.25, -0.2) is 8.42 Å². The van der Waals surface area contributed by atoms with Crippen LogP contribution in [-0.2, 0) is 10.0 Å². The van der Waals surface area contributed by atoms with E-state index in [-0.39, 0.29) is 12.6 Å². The zero-order valence-electron chi connectivity index (χ0n) is 10.1. The lowest BCUT2D eigenvalue weighted by Crippen LogP contribution is -2.35. The smallest absolute Gasteiger partial charge is 0.252 e. The highest BCUT2D eigenvalue weighted by Crippen LogP contribution is 2.31. The summed E-state index contributed by atoms with van der Waals surface area (Å²) in [6, 6.07) is 1.53. The molecule has 1 aromatic rings. The van der Waals surface area contributed by atoms with Gasteiger partial charge in [0.05, 0.1) is 0 Å². The molecule has 0 radical (unpaired) electrons. The van der Waals surface area contributed by atoms with Gasteiger partial charge >= 0.3 is 0 Å². The number of rotatable bonds is 5. The van der Waals surface area contributed by atoms with E-state index < -0.39 is 10.0 Å². The van der Waals surface area contributed by atoms with E-state index in [1.54, 1.807) is 9.69 Å². The van der Waals surface area contributed by atoms with Gasteiger partial charge in [0.1, 0.15) is 4.21 Å². The summed E-state index contributed by atoms with van der Waals surface area (Å²) < 4.78 is 26.8. The first-order chi connectivity index (χ1) is 8.55. The molecule has 0 spiro atoms. The third-order valence-electron chi connectivity index (χ3n) is 3.18. The Hall–Kier alpha value is -0.630. The standard InChI is InChI=1S/C11H18N2O3S2/c12-9-7-11(17-8-9)18(15,16)13-5-1-3-10(13)4-2-6-14/h7-8,10,14H,1-6,12H2. The van der Waals surface area contributed by atoms with Crippen LogP contribution in [0.3, 0.4) is 0 Å². The molecule has 1 aliphatic rings. The molecule has 1 atom stereocenters. The minimum Gasteiger partial charge on any atom is -0.398 e. The first-order valence-corrected chi connectivity index (χ1v) is 8.34. The Kier molecular flexibility index (Phi) is 4.26. The molecule has 1 unspecified atom stereocenters. The average molecular weight is 290 g/mol. The van der Waals surface area contributed by atoms with Gasteiger partial charge in [-0.05, 0) is 31.7 Å². The molecular weight excluding hydrogens is 272 g/mol. The summed E-state index contributed by atoms with van der Waals surface area (Å²) in [5.41, 5.74) is 6.07. The van der Waals surface area contributed by atoms with Crippen molar-refractivity contribution in [3.8, 4) is 0 Å². The van der Waals surface area contributed by atoms with Crippen molar-refractivity contribution in [1.82, 2.24) is 4.31 Å². The van der Waals surface area contributed by atoms with Gasteiger partial charge in [-0.1, -0.05) is 0 Å². The van der Waals surface area contributed by atoms with E-state index in [1.807, 2.05) is 0 Å². The molecule has 1 aliphatic heterocycles. The molecule has 18 heavy (non-hydrogen) atoms. The number of aliphatic hydroxyl groups excluding tert-OH is 1. The molecule has 102 valence electrons. The minimum absolute atomic E-state index is 0.0190. The number of thiophene rings is 1. The second kappa shape index (κ2) is 5.56. The predicted molar refractivity (Wildman–Crippen MR) is 72.0 cm³/mol. The molecule has 0 saturated carbocycles. The van der Waals surface area contributed by atoms with E-state index in [0.29, 0.717) is 22.9 Å². The predicted octanol–water partition coefficient (Wildman–Crippen LogP) is 1.26. The van der Waals surface area contributed by atoms with Gasteiger partial charge in [0, 0.05) is 30.3 Å². The normalized spacial score (nSPS) is 21.5. The summed E-state index contributed by atoms with van der Waals surface area (Å²) in [7, 11) is -3.41. The maximum absolute atomic E-state index is 12.4. The molecule has 7 heteroatoms. The molecular formula is C11H18N2O3S2. The lowest BCUT2D eigenvalue weighted by atomic mass is 10.1. The van der Waals surface area contributed by atoms with E-state index >= 15 is 0 Å². The van der Waals surface area contributed by atoms with E-state index in [1.165, 1.54) is 17.4 Å². The van der Waals surface area contributed by atoms with Crippen LogP contribution in [0.1, 0.15) is 25.7 Å². The van der Waals surface area contributed by atoms with E-state index in [4.69, 9.17) is 10.8 Å². The Morgan fingerprint density at radius 3 is 2.94 bits per heavy atom. The maximum Gasteiger partial charge on any atom is 0.252 e. The lowest BCUT2D eigenvalue weighted by molar-refractivity contribution is 0.264. The number of hydrogen-bond donors (Lipinski definition) is 2. The topological polar surface area (TPSA) is 83.6 Å². The minimum atomic E-state index is -3.41. The van der Waals surface area contributed by atoms with Gasteiger partial charge in [0.2, 0.25) is 0 Å². The molecule has 2 heterocycles. The van der Waals surface area contributed by atoms with Crippen LogP contribution in [0.5, 0.6) is 0 Å². The van der Waals surface area contributed by atoms with Crippen molar-refractivity contribution in [2.24, 2.45) is 0 Å². The van der Waals surface area contributed by atoms with Gasteiger partial charge in [-0.15, -0.1) is 11.3 Å². The molecule has 0 aromatic carbocycles. The van der Waals surface area contributed by atoms with Crippen LogP contribution in [0.25, 0.3) is 0 Å². The third-order valence-corrected chi connectivity index (χ3v) is 6.56. The van der Waals surface area contributed by atoms with Crippen molar-refractivity contribution in [3.05, 3.63) is 11.4 Å². The summed E-state index contributed by atoms with van der Waals surface area (Å²) in [6.07, 6.45) is 3.12. The van der Waals surface area contributed by atoms with Crippen LogP contribution < -0.4 is 5.73 Å². The molecule has 1 aromatic heterocycles. The number of nitrogens with zero attached hydrogens (tertiary/aromatic N) is 1. The van der Waals surface area contributed by atoms with E-state index in [0.717, 1.165) is 19.3 Å². The fraction of sp³-hybridized carbons (Fsp3) is 0.636. The van der Waals surface area contributed by atoms with Crippen LogP contribution in [0, 0.1) is 0 Å². The van der Waals surface area contributed by atoms with Crippen molar-refractivity contribution in [2.45, 2.75) is 35.9 Å². The third kappa shape index (κ3) is 2.69. The number of aliphatic hydroxyl groups is 1. The van der Waals surface area contributed by atoms with Crippen LogP contribution in [0.2, 0.25) is 0 Å². The Balaban J connectivity index is 2.18. The summed E-state index contributed by atoms with van der Waals surface area (Å²) >= 11 is 1.17. The number of sulfonamides is 1. The van der Waals surface area contributed by atoms with Crippen molar-refractivity contribution in [1.29, 1.82) is 0 Å². The summed E-state index contributed by atoms with van der Waals surface area (Å²) in [5.74, 6) is 0. The summed E-state index contributed by atoms with van der Waals surface area (Å²) in [4.78, 5) is 0. The van der Waals surface area contributed by atoms with Gasteiger partial charge < -0.3 is 10.8 Å². The van der Waals surface area contributed by atoms with Crippen molar-refractivity contribution in [2.75, 3.05) is 18.9 Å². The second-order valence-electron chi connectivity index (χ2n) is 4.48. The highest BCUT2D eigenvalue weighted by molar-refractivity contribution is 7.91. The van der Waals surface area contributed by atoms with Crippen LogP contribution >= 0.6 is 11.3 Å². The highest BCUT2D eigenvalue weighted by atomic mass is 32.2. The number of anilines is 1. The first kappa shape index (κ1) is 13.8. The molecule has 0 bridgehead atoms. The SMILES string of the molecule is Nc1csc(S(=O)(=O)N2CCCC2CCCO)c1. The van der Waals surface area contributed by atoms with Crippen LogP contribution in [-0.4, -0.2) is 37.0 Å². The Morgan fingerprint density at radius 2 is 2.33 bits per heavy atom. The summed E-state index contributed by atoms with van der Waals surface area (Å²) in [5, 5.41) is 10.5. The van der Waals surface area contributed by atoms with E-state index in [2.05, 4.69) is 0 Å². The maximum atomic E-state index is 12.4. The van der Waals surface area contributed by atoms with Crippen molar-refractivity contribution in [3.63, 3.8) is 0 Å². The van der Waals surface area contributed by atoms with Crippen molar-refractivity contribution < 1.29 is 13.5 Å². The zero-order chi connectivity index (χ0) is 13.2. The van der Waals surface area contributed by atoms with Crippen LogP contribution in [0.15, 0.2) is 15.7 Å². The van der Waals surface area contributed by atoms with Gasteiger partial charge in [0.15, 0.2) is 0 Å². The molecule has 1 fully saturated rings. The average Bonchev–Trinajstić information content (AvgIpc) is 2.95. The molecule has 2 rings (SSSR count). The molecule has 3 N–H and O–H groups in total. The second-order valence-corrected chi connectivity index (χ2v) is 7.51. The number of nitrogen functional groups attached to an aromatic ring is 1.